The fourth-order valence-electron chi connectivity index (χ4n) is 0.533. The minimum absolute atomic E-state index is 0. The van der Waals surface area contributed by atoms with Gasteiger partial charge in [-0.3, -0.25) is 0 Å². The molecule has 0 aromatic heterocycles. The standard InChI is InChI=1S/C7H7F.3CO.Cr/c1-6-2-4-7(8)5-3-6;3*1-2;/h2-5H,1H3;;;;. The maximum absolute atomic E-state index is 12.1. The second-order valence-electron chi connectivity index (χ2n) is 1.80. The average Bonchev–Trinajstić information content (AvgIpc) is 2.31. The first-order valence-corrected chi connectivity index (χ1v) is 3.12. The van der Waals surface area contributed by atoms with E-state index in [4.69, 9.17) is 14.0 Å². The van der Waals surface area contributed by atoms with Crippen molar-refractivity contribution in [1.29, 1.82) is 0 Å². The van der Waals surface area contributed by atoms with Crippen molar-refractivity contribution in [3.63, 3.8) is 0 Å². The van der Waals surface area contributed by atoms with E-state index in [1.807, 2.05) is 6.92 Å². The Kier molecular flexibility index (Phi) is 36.3. The number of rotatable bonds is 0. The molecule has 0 N–H and O–H groups in total. The predicted molar refractivity (Wildman–Crippen MR) is 42.9 cm³/mol. The third-order valence-electron chi connectivity index (χ3n) is 1.01. The Morgan fingerprint density at radius 2 is 1.13 bits per heavy atom. The Morgan fingerprint density at radius 3 is 1.33 bits per heavy atom. The zero-order chi connectivity index (χ0) is 12.0. The molecule has 1 rings (SSSR count). The third-order valence-corrected chi connectivity index (χ3v) is 1.01. The molecule has 0 radical (unpaired) electrons. The molecule has 0 spiro atoms. The van der Waals surface area contributed by atoms with Gasteiger partial charge in [0.2, 0.25) is 0 Å². The first kappa shape index (κ1) is 23.6. The summed E-state index contributed by atoms with van der Waals surface area (Å²) in [5.41, 5.74) is 1.09. The monoisotopic (exact) mass is 246 g/mol. The summed E-state index contributed by atoms with van der Waals surface area (Å²) in [4.78, 5) is 0. The number of hydrogen-bond donors (Lipinski definition) is 0. The number of benzene rings is 1. The van der Waals surface area contributed by atoms with Gasteiger partial charge in [-0.2, -0.15) is 0 Å². The van der Waals surface area contributed by atoms with E-state index in [2.05, 4.69) is 20.0 Å². The third kappa shape index (κ3) is 19.4. The Hall–Kier alpha value is -1.10. The summed E-state index contributed by atoms with van der Waals surface area (Å²) < 4.78 is 34.6. The second kappa shape index (κ2) is 23.1. The van der Waals surface area contributed by atoms with Crippen molar-refractivity contribution in [2.45, 2.75) is 6.92 Å². The molecule has 0 amide bonds. The van der Waals surface area contributed by atoms with E-state index in [0.29, 0.717) is 0 Å². The van der Waals surface area contributed by atoms with E-state index in [9.17, 15) is 4.39 Å². The average molecular weight is 246 g/mol. The van der Waals surface area contributed by atoms with Crippen LogP contribution < -0.4 is 0 Å². The maximum atomic E-state index is 12.1. The SMILES string of the molecule is Cc1ccc(F)cc1.[C-]#[O+].[C-]#[O+].[C-]#[O+].[Cr]. The van der Waals surface area contributed by atoms with Gasteiger partial charge in [-0.25, -0.2) is 4.39 Å². The molecule has 0 aliphatic carbocycles. The van der Waals surface area contributed by atoms with Crippen LogP contribution in [0.2, 0.25) is 0 Å². The maximum Gasteiger partial charge on any atom is 0 e. The second-order valence-corrected chi connectivity index (χ2v) is 1.80. The van der Waals surface area contributed by atoms with Crippen LogP contribution in [-0.4, -0.2) is 0 Å². The molecular formula is C10H7CrFO3. The fraction of sp³-hybridized carbons (Fsp3) is 0.100. The van der Waals surface area contributed by atoms with Crippen LogP contribution >= 0.6 is 0 Å². The van der Waals surface area contributed by atoms with Gasteiger partial charge in [0.25, 0.3) is 0 Å². The first-order valence-electron chi connectivity index (χ1n) is 3.12. The quantitative estimate of drug-likeness (QED) is 0.496. The number of hydrogen-bond acceptors (Lipinski definition) is 0. The summed E-state index contributed by atoms with van der Waals surface area (Å²) in [6, 6.07) is 6.40. The largest absolute Gasteiger partial charge is 0 e. The summed E-state index contributed by atoms with van der Waals surface area (Å²) >= 11 is 0. The van der Waals surface area contributed by atoms with Crippen molar-refractivity contribution in [2.75, 3.05) is 0 Å². The molecular weight excluding hydrogens is 239 g/mol. The van der Waals surface area contributed by atoms with Crippen LogP contribution in [0.4, 0.5) is 4.39 Å². The molecule has 0 heterocycles. The van der Waals surface area contributed by atoms with Crippen LogP contribution in [0.3, 0.4) is 0 Å². The molecule has 0 aliphatic heterocycles. The van der Waals surface area contributed by atoms with E-state index in [1.54, 1.807) is 12.1 Å². The molecule has 78 valence electrons. The zero-order valence-corrected chi connectivity index (χ0v) is 9.10. The summed E-state index contributed by atoms with van der Waals surface area (Å²) in [6.07, 6.45) is 0. The summed E-state index contributed by atoms with van der Waals surface area (Å²) in [6.45, 7) is 15.4. The Balaban J connectivity index is -0.0000000755. The van der Waals surface area contributed by atoms with Gasteiger partial charge in [0.05, 0.1) is 0 Å². The normalized spacial score (nSPS) is 5.33. The molecule has 1 aromatic carbocycles. The molecule has 3 nitrogen and oxygen atoms in total. The van der Waals surface area contributed by atoms with E-state index < -0.39 is 0 Å². The number of aryl methyl sites for hydroxylation is 1. The topological polar surface area (TPSA) is 59.7 Å². The van der Waals surface area contributed by atoms with Crippen LogP contribution in [0.5, 0.6) is 0 Å². The molecule has 0 atom stereocenters. The zero-order valence-electron chi connectivity index (χ0n) is 7.82. The van der Waals surface area contributed by atoms with Gasteiger partial charge in [-0.1, -0.05) is 17.7 Å². The van der Waals surface area contributed by atoms with Crippen molar-refractivity contribution in [1.82, 2.24) is 0 Å². The molecule has 0 aliphatic rings. The van der Waals surface area contributed by atoms with E-state index in [1.165, 1.54) is 12.1 Å². The minimum Gasteiger partial charge on any atom is 0 e. The van der Waals surface area contributed by atoms with Crippen molar-refractivity contribution < 1.29 is 35.7 Å². The summed E-state index contributed by atoms with van der Waals surface area (Å²) in [5.74, 6) is -0.171. The van der Waals surface area contributed by atoms with E-state index >= 15 is 0 Å². The van der Waals surface area contributed by atoms with Gasteiger partial charge in [0, 0.05) is 17.4 Å². The molecule has 0 saturated heterocycles. The Bertz CT molecular complexity index is 242. The van der Waals surface area contributed by atoms with Gasteiger partial charge < -0.3 is 0 Å². The van der Waals surface area contributed by atoms with Gasteiger partial charge >= 0.3 is 33.9 Å². The Labute approximate surface area is 98.6 Å². The first-order chi connectivity index (χ1) is 6.79. The van der Waals surface area contributed by atoms with Gasteiger partial charge in [0.1, 0.15) is 5.82 Å². The number of halogens is 1. The van der Waals surface area contributed by atoms with Crippen LogP contribution in [0.25, 0.3) is 0 Å². The molecule has 15 heavy (non-hydrogen) atoms. The smallest absolute Gasteiger partial charge is 0 e. The van der Waals surface area contributed by atoms with E-state index in [-0.39, 0.29) is 23.2 Å². The van der Waals surface area contributed by atoms with Crippen LogP contribution in [0.1, 0.15) is 5.56 Å². The summed E-state index contributed by atoms with van der Waals surface area (Å²) in [7, 11) is 0. The molecule has 0 unspecified atom stereocenters. The van der Waals surface area contributed by atoms with Crippen LogP contribution in [0.15, 0.2) is 24.3 Å². The van der Waals surface area contributed by atoms with Crippen molar-refractivity contribution in [2.24, 2.45) is 0 Å². The van der Waals surface area contributed by atoms with E-state index in [0.717, 1.165) is 5.56 Å². The van der Waals surface area contributed by atoms with Crippen molar-refractivity contribution in [3.05, 3.63) is 55.6 Å². The molecule has 1 aromatic rings. The molecule has 0 saturated carbocycles. The molecule has 0 bridgehead atoms. The van der Waals surface area contributed by atoms with Gasteiger partial charge in [0.15, 0.2) is 0 Å². The fourth-order valence-corrected chi connectivity index (χ4v) is 0.533. The van der Waals surface area contributed by atoms with Crippen LogP contribution in [0, 0.1) is 32.7 Å². The molecule has 5 heteroatoms. The van der Waals surface area contributed by atoms with Crippen LogP contribution in [-0.2, 0) is 31.3 Å². The van der Waals surface area contributed by atoms with Gasteiger partial charge in [-0.05, 0) is 19.1 Å². The predicted octanol–water partition coefficient (Wildman–Crippen LogP) is 2.02. The van der Waals surface area contributed by atoms with Gasteiger partial charge in [-0.15, -0.1) is 0 Å². The summed E-state index contributed by atoms with van der Waals surface area (Å²) in [5, 5.41) is 0. The van der Waals surface area contributed by atoms with Crippen molar-refractivity contribution in [3.8, 4) is 0 Å². The Morgan fingerprint density at radius 1 is 0.867 bits per heavy atom. The molecule has 0 fully saturated rings. The van der Waals surface area contributed by atoms with Crippen molar-refractivity contribution >= 4 is 0 Å². The minimum atomic E-state index is -0.171.